The highest BCUT2D eigenvalue weighted by atomic mass is 31.2. The van der Waals surface area contributed by atoms with Gasteiger partial charge in [-0.3, -0.25) is 0 Å². The molecule has 3 nitrogen and oxygen atoms in total. The van der Waals surface area contributed by atoms with Crippen LogP contribution in [0.3, 0.4) is 0 Å². The van der Waals surface area contributed by atoms with Crippen molar-refractivity contribution < 1.29 is 14.0 Å². The van der Waals surface area contributed by atoms with Crippen LogP contribution in [0.25, 0.3) is 0 Å². The second-order valence-corrected chi connectivity index (χ2v) is 4.94. The Balaban J connectivity index is 3.46. The summed E-state index contributed by atoms with van der Waals surface area (Å²) in [6.45, 7) is 5.02. The van der Waals surface area contributed by atoms with E-state index in [9.17, 15) is 9.46 Å². The lowest BCUT2D eigenvalue weighted by atomic mass is 10.1. The van der Waals surface area contributed by atoms with E-state index in [1.54, 1.807) is 6.92 Å². The molecule has 0 aromatic carbocycles. The summed E-state index contributed by atoms with van der Waals surface area (Å²) in [5, 5.41) is 0. The zero-order valence-corrected chi connectivity index (χ0v) is 8.97. The second-order valence-electron chi connectivity index (χ2n) is 3.18. The molecular weight excluding hydrogens is 175 g/mol. The Morgan fingerprint density at radius 3 is 2.50 bits per heavy atom. The van der Waals surface area contributed by atoms with Crippen LogP contribution < -0.4 is 4.89 Å². The van der Waals surface area contributed by atoms with Gasteiger partial charge in [0.2, 0.25) is 0 Å². The van der Waals surface area contributed by atoms with Crippen molar-refractivity contribution in [3.05, 3.63) is 0 Å². The van der Waals surface area contributed by atoms with Crippen molar-refractivity contribution in [3.63, 3.8) is 0 Å². The molecule has 0 bridgehead atoms. The van der Waals surface area contributed by atoms with Crippen molar-refractivity contribution in [1.82, 2.24) is 0 Å². The van der Waals surface area contributed by atoms with Gasteiger partial charge in [-0.15, -0.1) is 0 Å². The van der Waals surface area contributed by atoms with E-state index in [4.69, 9.17) is 4.52 Å². The molecule has 0 rings (SSSR count). The first-order valence-electron chi connectivity index (χ1n) is 4.42. The van der Waals surface area contributed by atoms with Gasteiger partial charge >= 0.3 is 0 Å². The van der Waals surface area contributed by atoms with Crippen LogP contribution in [0.2, 0.25) is 0 Å². The number of unbranched alkanes of at least 4 members (excludes halogenated alkanes) is 2. The highest BCUT2D eigenvalue weighted by Crippen LogP contribution is 2.34. The lowest BCUT2D eigenvalue weighted by Gasteiger charge is -2.22. The van der Waals surface area contributed by atoms with Crippen LogP contribution in [-0.2, 0) is 9.09 Å². The van der Waals surface area contributed by atoms with Crippen LogP contribution in [0.5, 0.6) is 0 Å². The van der Waals surface area contributed by atoms with Crippen molar-refractivity contribution in [1.29, 1.82) is 0 Å². The Hall–Kier alpha value is 0.150. The van der Waals surface area contributed by atoms with Crippen LogP contribution in [0.4, 0.5) is 0 Å². The van der Waals surface area contributed by atoms with Crippen LogP contribution >= 0.6 is 7.60 Å². The fraction of sp³-hybridized carbons (Fsp3) is 1.00. The molecule has 0 amide bonds. The third-order valence-corrected chi connectivity index (χ3v) is 2.33. The average molecular weight is 193 g/mol. The van der Waals surface area contributed by atoms with E-state index < -0.39 is 7.60 Å². The zero-order valence-electron chi connectivity index (χ0n) is 8.08. The predicted octanol–water partition coefficient (Wildman–Crippen LogP) is 2.16. The molecular formula is C8H18O3P-. The first-order chi connectivity index (χ1) is 5.45. The summed E-state index contributed by atoms with van der Waals surface area (Å²) in [4.78, 5) is 10.7. The van der Waals surface area contributed by atoms with Crippen molar-refractivity contribution in [2.75, 3.05) is 6.66 Å². The topological polar surface area (TPSA) is 49.4 Å². The molecule has 0 aromatic rings. The van der Waals surface area contributed by atoms with Gasteiger partial charge in [-0.2, -0.15) is 0 Å². The summed E-state index contributed by atoms with van der Waals surface area (Å²) >= 11 is 0. The Labute approximate surface area is 74.7 Å². The minimum absolute atomic E-state index is 0.162. The molecule has 0 radical (unpaired) electrons. The lowest BCUT2D eigenvalue weighted by Crippen LogP contribution is -2.11. The van der Waals surface area contributed by atoms with E-state index >= 15 is 0 Å². The van der Waals surface area contributed by atoms with Crippen molar-refractivity contribution >= 4 is 7.60 Å². The van der Waals surface area contributed by atoms with E-state index in [1.807, 2.05) is 0 Å². The van der Waals surface area contributed by atoms with E-state index in [0.29, 0.717) is 0 Å². The minimum atomic E-state index is -3.52. The minimum Gasteiger partial charge on any atom is -0.779 e. The molecule has 0 aliphatic heterocycles. The summed E-state index contributed by atoms with van der Waals surface area (Å²) in [7, 11) is -3.52. The molecule has 0 fully saturated rings. The third-order valence-electron chi connectivity index (χ3n) is 1.59. The molecule has 74 valence electrons. The Bertz CT molecular complexity index is 152. The molecule has 0 saturated heterocycles. The molecule has 2 unspecified atom stereocenters. The molecule has 0 heterocycles. The van der Waals surface area contributed by atoms with Gasteiger partial charge in [0.05, 0.1) is 6.10 Å². The smallest absolute Gasteiger partial charge is 0.132 e. The third kappa shape index (κ3) is 8.25. The normalized spacial score (nSPS) is 18.7. The van der Waals surface area contributed by atoms with E-state index in [0.717, 1.165) is 32.3 Å². The standard InChI is InChI=1S/C8H19O3P/c1-4-5-6-7-8(2)11-12(3,9)10/h8H,4-7H2,1-3H3,(H,9,10)/p-1. The summed E-state index contributed by atoms with van der Waals surface area (Å²) in [6.07, 6.45) is 3.99. The van der Waals surface area contributed by atoms with Gasteiger partial charge in [0, 0.05) is 6.66 Å². The molecule has 0 saturated carbocycles. The quantitative estimate of drug-likeness (QED) is 0.479. The largest absolute Gasteiger partial charge is 0.779 e. The van der Waals surface area contributed by atoms with Crippen LogP contribution in [0, 0.1) is 0 Å². The van der Waals surface area contributed by atoms with E-state index in [2.05, 4.69) is 6.92 Å². The average Bonchev–Trinajstić information content (AvgIpc) is 1.84. The van der Waals surface area contributed by atoms with Gasteiger partial charge in [0.1, 0.15) is 7.60 Å². The van der Waals surface area contributed by atoms with Crippen molar-refractivity contribution in [2.24, 2.45) is 0 Å². The van der Waals surface area contributed by atoms with Gasteiger partial charge < -0.3 is 14.0 Å². The maximum Gasteiger partial charge on any atom is 0.132 e. The van der Waals surface area contributed by atoms with Crippen molar-refractivity contribution in [2.45, 2.75) is 45.6 Å². The Morgan fingerprint density at radius 1 is 1.50 bits per heavy atom. The number of hydrogen-bond acceptors (Lipinski definition) is 3. The molecule has 0 aliphatic carbocycles. The molecule has 0 aliphatic rings. The molecule has 0 N–H and O–H groups in total. The van der Waals surface area contributed by atoms with E-state index in [-0.39, 0.29) is 6.10 Å². The fourth-order valence-corrected chi connectivity index (χ4v) is 1.82. The summed E-state index contributed by atoms with van der Waals surface area (Å²) in [6, 6.07) is 0. The molecule has 0 spiro atoms. The highest BCUT2D eigenvalue weighted by Gasteiger charge is 2.06. The maximum atomic E-state index is 10.7. The van der Waals surface area contributed by atoms with Gasteiger partial charge in [-0.05, 0) is 13.3 Å². The number of rotatable bonds is 6. The summed E-state index contributed by atoms with van der Waals surface area (Å²) in [5.74, 6) is 0. The monoisotopic (exact) mass is 193 g/mol. The fourth-order valence-electron chi connectivity index (χ4n) is 1.06. The molecule has 4 heteroatoms. The maximum absolute atomic E-state index is 10.7. The predicted molar refractivity (Wildman–Crippen MR) is 48.2 cm³/mol. The molecule has 12 heavy (non-hydrogen) atoms. The molecule has 0 aromatic heterocycles. The van der Waals surface area contributed by atoms with Crippen LogP contribution in [-0.4, -0.2) is 12.8 Å². The Morgan fingerprint density at radius 2 is 2.08 bits per heavy atom. The Kier molecular flexibility index (Phi) is 5.81. The highest BCUT2D eigenvalue weighted by molar-refractivity contribution is 7.50. The number of hydrogen-bond donors (Lipinski definition) is 0. The summed E-state index contributed by atoms with van der Waals surface area (Å²) < 4.78 is 15.5. The van der Waals surface area contributed by atoms with Crippen LogP contribution in [0.1, 0.15) is 39.5 Å². The first-order valence-corrected chi connectivity index (χ1v) is 6.41. The van der Waals surface area contributed by atoms with E-state index in [1.165, 1.54) is 0 Å². The summed E-state index contributed by atoms with van der Waals surface area (Å²) in [5.41, 5.74) is 0. The van der Waals surface area contributed by atoms with Gasteiger partial charge in [-0.1, -0.05) is 26.2 Å². The molecule has 2 atom stereocenters. The SMILES string of the molecule is CCCCCC(C)OP(C)(=O)[O-]. The van der Waals surface area contributed by atoms with Gasteiger partial charge in [0.25, 0.3) is 0 Å². The second kappa shape index (κ2) is 5.74. The van der Waals surface area contributed by atoms with Crippen LogP contribution in [0.15, 0.2) is 0 Å². The van der Waals surface area contributed by atoms with Gasteiger partial charge in [-0.25, -0.2) is 0 Å². The van der Waals surface area contributed by atoms with Gasteiger partial charge in [0.15, 0.2) is 0 Å². The van der Waals surface area contributed by atoms with Crippen molar-refractivity contribution in [3.8, 4) is 0 Å². The zero-order chi connectivity index (χ0) is 9.61. The first kappa shape index (κ1) is 12.2. The lowest BCUT2D eigenvalue weighted by molar-refractivity contribution is -0.200.